The van der Waals surface area contributed by atoms with Crippen molar-refractivity contribution < 1.29 is 14.4 Å². The lowest BCUT2D eigenvalue weighted by Crippen LogP contribution is -2.54. The van der Waals surface area contributed by atoms with Crippen molar-refractivity contribution in [3.05, 3.63) is 35.9 Å². The molecule has 0 aromatic heterocycles. The van der Waals surface area contributed by atoms with Crippen LogP contribution in [0.15, 0.2) is 35.3 Å². The Hall–Kier alpha value is -3.10. The molecule has 0 saturated carbocycles. The number of unbranched alkanes of at least 4 members (excludes halogenated alkanes) is 1. The standard InChI is InChI=1S/C21H32N6O3/c1-15(28)26-17(14-16-8-3-2-4-9-16)20(30)27-13-7-10-18(27)19(29)24-11-5-6-12-25-21(22)23/h2-4,8-9,17-18H,5-7,10-14H2,1H3,(H,24,29)(H,26,28)(H4,22,23,25)/t17-,18+/m1/s1. The number of benzene rings is 1. The van der Waals surface area contributed by atoms with Gasteiger partial charge < -0.3 is 27.0 Å². The summed E-state index contributed by atoms with van der Waals surface area (Å²) in [6.07, 6.45) is 3.25. The van der Waals surface area contributed by atoms with Gasteiger partial charge in [-0.05, 0) is 31.2 Å². The Morgan fingerprint density at radius 2 is 1.93 bits per heavy atom. The number of amides is 3. The topological polar surface area (TPSA) is 143 Å². The maximum absolute atomic E-state index is 13.2. The normalized spacial score (nSPS) is 16.6. The highest BCUT2D eigenvalue weighted by Crippen LogP contribution is 2.20. The summed E-state index contributed by atoms with van der Waals surface area (Å²) in [5.41, 5.74) is 11.5. The maximum atomic E-state index is 13.2. The van der Waals surface area contributed by atoms with Gasteiger partial charge in [0, 0.05) is 33.0 Å². The SMILES string of the molecule is CC(=O)N[C@H](Cc1ccccc1)C(=O)N1CCC[C@H]1C(=O)NCCCCN=C(N)N. The second kappa shape index (κ2) is 11.8. The first kappa shape index (κ1) is 23.2. The van der Waals surface area contributed by atoms with E-state index in [4.69, 9.17) is 11.5 Å². The first-order chi connectivity index (χ1) is 14.4. The molecule has 1 aromatic carbocycles. The molecule has 2 atom stereocenters. The highest BCUT2D eigenvalue weighted by atomic mass is 16.2. The van der Waals surface area contributed by atoms with E-state index in [1.165, 1.54) is 6.92 Å². The van der Waals surface area contributed by atoms with Crippen LogP contribution < -0.4 is 22.1 Å². The summed E-state index contributed by atoms with van der Waals surface area (Å²) in [6, 6.07) is 8.31. The minimum Gasteiger partial charge on any atom is -0.370 e. The van der Waals surface area contributed by atoms with Crippen LogP contribution in [0.3, 0.4) is 0 Å². The van der Waals surface area contributed by atoms with Crippen LogP contribution in [0.1, 0.15) is 38.2 Å². The minimum absolute atomic E-state index is 0.0587. The molecule has 9 heteroatoms. The second-order valence-electron chi connectivity index (χ2n) is 7.44. The van der Waals surface area contributed by atoms with Crippen LogP contribution in [0.2, 0.25) is 0 Å². The van der Waals surface area contributed by atoms with Crippen molar-refractivity contribution in [3.63, 3.8) is 0 Å². The first-order valence-electron chi connectivity index (χ1n) is 10.3. The molecule has 30 heavy (non-hydrogen) atoms. The Kier molecular flexibility index (Phi) is 9.11. The lowest BCUT2D eigenvalue weighted by Gasteiger charge is -2.28. The van der Waals surface area contributed by atoms with Crippen molar-refractivity contribution in [1.29, 1.82) is 0 Å². The van der Waals surface area contributed by atoms with E-state index in [-0.39, 0.29) is 23.7 Å². The van der Waals surface area contributed by atoms with E-state index < -0.39 is 12.1 Å². The molecule has 9 nitrogen and oxygen atoms in total. The molecule has 0 unspecified atom stereocenters. The summed E-state index contributed by atoms with van der Waals surface area (Å²) in [7, 11) is 0. The number of nitrogens with one attached hydrogen (secondary N) is 2. The van der Waals surface area contributed by atoms with Crippen molar-refractivity contribution in [2.75, 3.05) is 19.6 Å². The number of nitrogens with two attached hydrogens (primary N) is 2. The number of hydrogen-bond donors (Lipinski definition) is 4. The lowest BCUT2D eigenvalue weighted by atomic mass is 10.0. The highest BCUT2D eigenvalue weighted by Gasteiger charge is 2.37. The predicted octanol–water partition coefficient (Wildman–Crippen LogP) is -0.105. The van der Waals surface area contributed by atoms with E-state index in [2.05, 4.69) is 15.6 Å². The zero-order valence-electron chi connectivity index (χ0n) is 17.5. The third kappa shape index (κ3) is 7.38. The van der Waals surface area contributed by atoms with Crippen LogP contribution in [-0.4, -0.2) is 60.3 Å². The van der Waals surface area contributed by atoms with Gasteiger partial charge in [-0.1, -0.05) is 30.3 Å². The number of nitrogens with zero attached hydrogens (tertiary/aromatic N) is 2. The van der Waals surface area contributed by atoms with Crippen LogP contribution in [0.5, 0.6) is 0 Å². The molecule has 0 radical (unpaired) electrons. The Morgan fingerprint density at radius 3 is 2.60 bits per heavy atom. The van der Waals surface area contributed by atoms with Crippen LogP contribution in [0.25, 0.3) is 0 Å². The molecule has 6 N–H and O–H groups in total. The van der Waals surface area contributed by atoms with Gasteiger partial charge in [-0.25, -0.2) is 0 Å². The van der Waals surface area contributed by atoms with E-state index in [1.54, 1.807) is 4.90 Å². The molecule has 1 aliphatic heterocycles. The fraction of sp³-hybridized carbons (Fsp3) is 0.524. The van der Waals surface area contributed by atoms with E-state index in [0.717, 1.165) is 24.8 Å². The summed E-state index contributed by atoms with van der Waals surface area (Å²) >= 11 is 0. The number of rotatable bonds is 10. The van der Waals surface area contributed by atoms with Gasteiger partial charge in [0.2, 0.25) is 17.7 Å². The molecule has 0 spiro atoms. The summed E-state index contributed by atoms with van der Waals surface area (Å²) in [5, 5.41) is 5.64. The fourth-order valence-corrected chi connectivity index (χ4v) is 3.57. The number of carbonyl (C=O) groups is 3. The molecule has 1 fully saturated rings. The molecule has 0 aliphatic carbocycles. The van der Waals surface area contributed by atoms with Crippen LogP contribution in [0.4, 0.5) is 0 Å². The number of hydrogen-bond acceptors (Lipinski definition) is 4. The average molecular weight is 417 g/mol. The summed E-state index contributed by atoms with van der Waals surface area (Å²) in [5.74, 6) is -0.600. The molecule has 1 aromatic rings. The van der Waals surface area contributed by atoms with Crippen LogP contribution in [-0.2, 0) is 20.8 Å². The monoisotopic (exact) mass is 416 g/mol. The largest absolute Gasteiger partial charge is 0.370 e. The molecular weight excluding hydrogens is 384 g/mol. The van der Waals surface area contributed by atoms with E-state index >= 15 is 0 Å². The van der Waals surface area contributed by atoms with Crippen LogP contribution in [0, 0.1) is 0 Å². The quantitative estimate of drug-likeness (QED) is 0.239. The van der Waals surface area contributed by atoms with Gasteiger partial charge in [-0.15, -0.1) is 0 Å². The van der Waals surface area contributed by atoms with Gasteiger partial charge in [0.05, 0.1) is 0 Å². The van der Waals surface area contributed by atoms with Gasteiger partial charge in [-0.3, -0.25) is 19.4 Å². The Bertz CT molecular complexity index is 748. The highest BCUT2D eigenvalue weighted by molar-refractivity contribution is 5.92. The fourth-order valence-electron chi connectivity index (χ4n) is 3.57. The Balaban J connectivity index is 1.93. The number of guanidine groups is 1. The average Bonchev–Trinajstić information content (AvgIpc) is 3.19. The van der Waals surface area contributed by atoms with Gasteiger partial charge in [0.15, 0.2) is 5.96 Å². The summed E-state index contributed by atoms with van der Waals surface area (Å²) < 4.78 is 0. The van der Waals surface area contributed by atoms with Gasteiger partial charge in [-0.2, -0.15) is 0 Å². The van der Waals surface area contributed by atoms with Gasteiger partial charge in [0.1, 0.15) is 12.1 Å². The predicted molar refractivity (Wildman–Crippen MR) is 115 cm³/mol. The van der Waals surface area contributed by atoms with Crippen LogP contribution >= 0.6 is 0 Å². The molecule has 1 saturated heterocycles. The second-order valence-corrected chi connectivity index (χ2v) is 7.44. The van der Waals surface area contributed by atoms with E-state index in [9.17, 15) is 14.4 Å². The Morgan fingerprint density at radius 1 is 1.20 bits per heavy atom. The molecule has 1 aliphatic rings. The number of carbonyl (C=O) groups excluding carboxylic acids is 3. The summed E-state index contributed by atoms with van der Waals surface area (Å²) in [4.78, 5) is 43.0. The van der Waals surface area contributed by atoms with E-state index in [0.29, 0.717) is 32.5 Å². The zero-order valence-corrected chi connectivity index (χ0v) is 17.5. The van der Waals surface area contributed by atoms with Gasteiger partial charge >= 0.3 is 0 Å². The van der Waals surface area contributed by atoms with E-state index in [1.807, 2.05) is 30.3 Å². The smallest absolute Gasteiger partial charge is 0.246 e. The third-order valence-electron chi connectivity index (χ3n) is 4.98. The van der Waals surface area contributed by atoms with Crippen molar-refractivity contribution in [2.24, 2.45) is 16.5 Å². The molecule has 2 rings (SSSR count). The molecule has 3 amide bonds. The van der Waals surface area contributed by atoms with Gasteiger partial charge in [0.25, 0.3) is 0 Å². The van der Waals surface area contributed by atoms with Crippen molar-refractivity contribution in [2.45, 2.75) is 51.1 Å². The molecule has 0 bridgehead atoms. The number of likely N-dealkylation sites (tertiary alicyclic amines) is 1. The third-order valence-corrected chi connectivity index (χ3v) is 4.98. The first-order valence-corrected chi connectivity index (χ1v) is 10.3. The van der Waals surface area contributed by atoms with Crippen molar-refractivity contribution in [3.8, 4) is 0 Å². The molecule has 164 valence electrons. The zero-order chi connectivity index (χ0) is 21.9. The summed E-state index contributed by atoms with van der Waals surface area (Å²) in [6.45, 7) is 2.91. The Labute approximate surface area is 177 Å². The maximum Gasteiger partial charge on any atom is 0.246 e. The number of aliphatic imine (C=N–C) groups is 1. The molecule has 1 heterocycles. The lowest BCUT2D eigenvalue weighted by molar-refractivity contribution is -0.141. The van der Waals surface area contributed by atoms with Crippen molar-refractivity contribution in [1.82, 2.24) is 15.5 Å². The van der Waals surface area contributed by atoms with Crippen molar-refractivity contribution >= 4 is 23.7 Å². The minimum atomic E-state index is -0.696. The molecular formula is C21H32N6O3.